The molecule has 0 amide bonds. The van der Waals surface area contributed by atoms with Gasteiger partial charge in [0.2, 0.25) is 0 Å². The van der Waals surface area contributed by atoms with E-state index in [1.165, 1.54) is 18.3 Å². The monoisotopic (exact) mass is 293 g/mol. The van der Waals surface area contributed by atoms with Gasteiger partial charge < -0.3 is 9.84 Å². The van der Waals surface area contributed by atoms with E-state index in [1.807, 2.05) is 0 Å². The SMILES string of the molecule is CC(O)c1ccc(Oc2cccc(S(C)(=O)=O)c2)cn1. The van der Waals surface area contributed by atoms with E-state index in [0.29, 0.717) is 17.2 Å². The van der Waals surface area contributed by atoms with Gasteiger partial charge in [0.15, 0.2) is 9.84 Å². The smallest absolute Gasteiger partial charge is 0.175 e. The lowest BCUT2D eigenvalue weighted by Crippen LogP contribution is -1.97. The zero-order valence-corrected chi connectivity index (χ0v) is 12.0. The first kappa shape index (κ1) is 14.5. The van der Waals surface area contributed by atoms with Gasteiger partial charge >= 0.3 is 0 Å². The summed E-state index contributed by atoms with van der Waals surface area (Å²) in [7, 11) is -3.26. The van der Waals surface area contributed by atoms with Crippen LogP contribution in [0.2, 0.25) is 0 Å². The molecule has 0 radical (unpaired) electrons. The van der Waals surface area contributed by atoms with Crippen LogP contribution in [-0.2, 0) is 9.84 Å². The predicted octanol–water partition coefficient (Wildman–Crippen LogP) is 2.33. The molecule has 1 unspecified atom stereocenters. The summed E-state index contributed by atoms with van der Waals surface area (Å²) in [6, 6.07) is 9.57. The van der Waals surface area contributed by atoms with Crippen LogP contribution in [0.5, 0.6) is 11.5 Å². The van der Waals surface area contributed by atoms with Crippen LogP contribution >= 0.6 is 0 Å². The number of hydrogen-bond acceptors (Lipinski definition) is 5. The van der Waals surface area contributed by atoms with Crippen LogP contribution in [0.3, 0.4) is 0 Å². The molecule has 0 saturated carbocycles. The van der Waals surface area contributed by atoms with E-state index in [-0.39, 0.29) is 4.90 Å². The molecule has 0 aliphatic rings. The Kier molecular flexibility index (Phi) is 4.06. The van der Waals surface area contributed by atoms with E-state index in [1.54, 1.807) is 31.2 Å². The van der Waals surface area contributed by atoms with Crippen LogP contribution < -0.4 is 4.74 Å². The van der Waals surface area contributed by atoms with E-state index in [4.69, 9.17) is 4.74 Å². The maximum Gasteiger partial charge on any atom is 0.175 e. The zero-order valence-electron chi connectivity index (χ0n) is 11.1. The highest BCUT2D eigenvalue weighted by molar-refractivity contribution is 7.90. The lowest BCUT2D eigenvalue weighted by atomic mass is 10.2. The molecule has 2 aromatic rings. The molecule has 1 aromatic carbocycles. The Labute approximate surface area is 117 Å². The molecule has 20 heavy (non-hydrogen) atoms. The van der Waals surface area contributed by atoms with E-state index >= 15 is 0 Å². The molecule has 1 aromatic heterocycles. The van der Waals surface area contributed by atoms with E-state index in [9.17, 15) is 13.5 Å². The molecule has 0 bridgehead atoms. The molecule has 0 aliphatic carbocycles. The van der Waals surface area contributed by atoms with Crippen LogP contribution in [0.1, 0.15) is 18.7 Å². The Hall–Kier alpha value is -1.92. The molecule has 1 N–H and O–H groups in total. The molecule has 0 aliphatic heterocycles. The van der Waals surface area contributed by atoms with Gasteiger partial charge in [-0.2, -0.15) is 0 Å². The third-order valence-electron chi connectivity index (χ3n) is 2.66. The Morgan fingerprint density at radius 2 is 1.95 bits per heavy atom. The van der Waals surface area contributed by atoms with Crippen molar-refractivity contribution in [2.45, 2.75) is 17.9 Å². The van der Waals surface area contributed by atoms with Crippen LogP contribution in [0.4, 0.5) is 0 Å². The first-order valence-corrected chi connectivity index (χ1v) is 7.87. The number of aromatic nitrogens is 1. The highest BCUT2D eigenvalue weighted by Crippen LogP contribution is 2.24. The molecule has 0 saturated heterocycles. The average molecular weight is 293 g/mol. The number of nitrogens with zero attached hydrogens (tertiary/aromatic N) is 1. The van der Waals surface area contributed by atoms with E-state index in [2.05, 4.69) is 4.98 Å². The number of aliphatic hydroxyl groups excluding tert-OH is 1. The van der Waals surface area contributed by atoms with Crippen molar-refractivity contribution in [2.75, 3.05) is 6.26 Å². The summed E-state index contributed by atoms with van der Waals surface area (Å²) in [5.74, 6) is 0.888. The highest BCUT2D eigenvalue weighted by atomic mass is 32.2. The molecule has 5 nitrogen and oxygen atoms in total. The molecule has 0 spiro atoms. The largest absolute Gasteiger partial charge is 0.456 e. The summed E-state index contributed by atoms with van der Waals surface area (Å²) < 4.78 is 28.5. The Morgan fingerprint density at radius 1 is 1.20 bits per heavy atom. The molecule has 1 atom stereocenters. The maximum atomic E-state index is 11.5. The molecular formula is C14H15NO4S. The summed E-state index contributed by atoms with van der Waals surface area (Å²) in [6.07, 6.45) is 1.98. The molecule has 0 fully saturated rings. The lowest BCUT2D eigenvalue weighted by molar-refractivity contribution is 0.194. The normalized spacial score (nSPS) is 12.9. The second kappa shape index (κ2) is 5.60. The second-order valence-electron chi connectivity index (χ2n) is 4.44. The van der Waals surface area contributed by atoms with Crippen molar-refractivity contribution in [3.05, 3.63) is 48.3 Å². The van der Waals surface area contributed by atoms with Crippen molar-refractivity contribution < 1.29 is 18.3 Å². The quantitative estimate of drug-likeness (QED) is 0.936. The fourth-order valence-electron chi connectivity index (χ4n) is 1.60. The van der Waals surface area contributed by atoms with E-state index in [0.717, 1.165) is 6.26 Å². The number of aliphatic hydroxyl groups is 1. The van der Waals surface area contributed by atoms with Gasteiger partial charge in [-0.3, -0.25) is 4.98 Å². The first-order valence-electron chi connectivity index (χ1n) is 5.98. The van der Waals surface area contributed by atoms with Crippen molar-refractivity contribution in [2.24, 2.45) is 0 Å². The van der Waals surface area contributed by atoms with Gasteiger partial charge in [-0.1, -0.05) is 6.07 Å². The van der Waals surface area contributed by atoms with Gasteiger partial charge in [0, 0.05) is 6.26 Å². The van der Waals surface area contributed by atoms with Gasteiger partial charge in [-0.15, -0.1) is 0 Å². The van der Waals surface area contributed by atoms with Crippen molar-refractivity contribution in [3.63, 3.8) is 0 Å². The fraction of sp³-hybridized carbons (Fsp3) is 0.214. The third kappa shape index (κ3) is 3.55. The number of benzene rings is 1. The van der Waals surface area contributed by atoms with Gasteiger partial charge in [-0.05, 0) is 37.3 Å². The summed E-state index contributed by atoms with van der Waals surface area (Å²) in [5, 5.41) is 9.36. The Balaban J connectivity index is 2.22. The zero-order chi connectivity index (χ0) is 14.8. The number of rotatable bonds is 4. The predicted molar refractivity (Wildman–Crippen MR) is 74.5 cm³/mol. The Morgan fingerprint density at radius 3 is 2.50 bits per heavy atom. The summed E-state index contributed by atoms with van der Waals surface area (Å²) in [6.45, 7) is 1.62. The van der Waals surface area contributed by atoms with Gasteiger partial charge in [0.05, 0.1) is 22.9 Å². The number of ether oxygens (including phenoxy) is 1. The third-order valence-corrected chi connectivity index (χ3v) is 3.77. The summed E-state index contributed by atoms with van der Waals surface area (Å²) in [4.78, 5) is 4.25. The van der Waals surface area contributed by atoms with Crippen LogP contribution in [0, 0.1) is 0 Å². The van der Waals surface area contributed by atoms with Gasteiger partial charge in [0.1, 0.15) is 11.5 Å². The minimum absolute atomic E-state index is 0.198. The number of pyridine rings is 1. The van der Waals surface area contributed by atoms with Crippen LogP contribution in [0.25, 0.3) is 0 Å². The van der Waals surface area contributed by atoms with Gasteiger partial charge in [0.25, 0.3) is 0 Å². The number of hydrogen-bond donors (Lipinski definition) is 1. The molecular weight excluding hydrogens is 278 g/mol. The van der Waals surface area contributed by atoms with Gasteiger partial charge in [-0.25, -0.2) is 8.42 Å². The van der Waals surface area contributed by atoms with Crippen molar-refractivity contribution >= 4 is 9.84 Å². The van der Waals surface area contributed by atoms with E-state index < -0.39 is 15.9 Å². The van der Waals surface area contributed by atoms with Crippen LogP contribution in [-0.4, -0.2) is 24.8 Å². The standard InChI is InChI=1S/C14H15NO4S/c1-10(16)14-7-6-12(9-15-14)19-11-4-3-5-13(8-11)20(2,17)18/h3-10,16H,1-2H3. The van der Waals surface area contributed by atoms with Crippen LogP contribution in [0.15, 0.2) is 47.5 Å². The minimum atomic E-state index is -3.26. The number of sulfone groups is 1. The van der Waals surface area contributed by atoms with Crippen molar-refractivity contribution in [1.82, 2.24) is 4.98 Å². The topological polar surface area (TPSA) is 76.5 Å². The molecule has 1 heterocycles. The summed E-state index contributed by atoms with van der Waals surface area (Å²) >= 11 is 0. The lowest BCUT2D eigenvalue weighted by Gasteiger charge is -2.08. The average Bonchev–Trinajstić information content (AvgIpc) is 2.38. The molecule has 106 valence electrons. The molecule has 6 heteroatoms. The summed E-state index contributed by atoms with van der Waals surface area (Å²) in [5.41, 5.74) is 0.544. The van der Waals surface area contributed by atoms with Crippen molar-refractivity contribution in [1.29, 1.82) is 0 Å². The highest BCUT2D eigenvalue weighted by Gasteiger charge is 2.09. The Bertz CT molecular complexity index is 693. The minimum Gasteiger partial charge on any atom is -0.456 e. The maximum absolute atomic E-state index is 11.5. The second-order valence-corrected chi connectivity index (χ2v) is 6.46. The molecule has 2 rings (SSSR count). The van der Waals surface area contributed by atoms with Crippen molar-refractivity contribution in [3.8, 4) is 11.5 Å². The first-order chi connectivity index (χ1) is 9.36. The fourth-order valence-corrected chi connectivity index (χ4v) is 2.26.